The van der Waals surface area contributed by atoms with E-state index in [0.29, 0.717) is 16.1 Å². The summed E-state index contributed by atoms with van der Waals surface area (Å²) in [6.45, 7) is 2.10. The van der Waals surface area contributed by atoms with Crippen molar-refractivity contribution in [1.29, 1.82) is 0 Å². The van der Waals surface area contributed by atoms with Crippen molar-refractivity contribution in [3.8, 4) is 0 Å². The minimum Gasteiger partial charge on any atom is -0.465 e. The van der Waals surface area contributed by atoms with Gasteiger partial charge in [0.05, 0.1) is 16.1 Å². The number of anilines is 1. The van der Waals surface area contributed by atoms with Gasteiger partial charge in [0.2, 0.25) is 11.0 Å². The summed E-state index contributed by atoms with van der Waals surface area (Å²) in [5.74, 6) is -0.417. The molecule has 0 atom stereocenters. The standard InChI is InChI=1S/C13H12BrN3O3S3/c1-2-20-11(19)7-21-13-17-16-12(23-13)15-10(18)6-4-8-3-5-9(14)22-8/h3-6H,2,7H2,1H3,(H,15,16,18)/b6-4+. The Morgan fingerprint density at radius 1 is 1.39 bits per heavy atom. The monoisotopic (exact) mass is 433 g/mol. The van der Waals surface area contributed by atoms with Crippen molar-refractivity contribution in [1.82, 2.24) is 10.2 Å². The number of hydrogen-bond acceptors (Lipinski definition) is 8. The van der Waals surface area contributed by atoms with Crippen LogP contribution in [0.3, 0.4) is 0 Å². The third kappa shape index (κ3) is 6.42. The largest absolute Gasteiger partial charge is 0.465 e. The molecule has 2 aromatic rings. The van der Waals surface area contributed by atoms with Crippen LogP contribution in [0.5, 0.6) is 0 Å². The Bertz CT molecular complexity index is 714. The topological polar surface area (TPSA) is 81.2 Å². The number of hydrogen-bond donors (Lipinski definition) is 1. The summed E-state index contributed by atoms with van der Waals surface area (Å²) in [4.78, 5) is 24.0. The van der Waals surface area contributed by atoms with E-state index in [1.54, 1.807) is 13.0 Å². The van der Waals surface area contributed by atoms with Gasteiger partial charge in [-0.1, -0.05) is 23.1 Å². The number of ether oxygens (including phenoxy) is 1. The van der Waals surface area contributed by atoms with Crippen molar-refractivity contribution in [3.05, 3.63) is 26.9 Å². The Morgan fingerprint density at radius 2 is 2.22 bits per heavy atom. The van der Waals surface area contributed by atoms with Gasteiger partial charge in [-0.15, -0.1) is 21.5 Å². The molecule has 122 valence electrons. The van der Waals surface area contributed by atoms with Crippen LogP contribution in [0.15, 0.2) is 26.3 Å². The fourth-order valence-electron chi connectivity index (χ4n) is 1.36. The Morgan fingerprint density at radius 3 is 2.91 bits per heavy atom. The number of nitrogens with one attached hydrogen (secondary N) is 1. The van der Waals surface area contributed by atoms with Gasteiger partial charge in [0, 0.05) is 11.0 Å². The van der Waals surface area contributed by atoms with Crippen molar-refractivity contribution >= 4 is 73.4 Å². The lowest BCUT2D eigenvalue weighted by Crippen LogP contribution is -2.07. The zero-order valence-corrected chi connectivity index (χ0v) is 16.0. The number of amides is 1. The second-order valence-corrected chi connectivity index (χ2v) is 8.63. The van der Waals surface area contributed by atoms with Crippen molar-refractivity contribution in [3.63, 3.8) is 0 Å². The Hall–Kier alpha value is -1.23. The fourth-order valence-corrected chi connectivity index (χ4v) is 4.24. The van der Waals surface area contributed by atoms with Crippen molar-refractivity contribution in [2.24, 2.45) is 0 Å². The quantitative estimate of drug-likeness (QED) is 0.310. The van der Waals surface area contributed by atoms with Crippen LogP contribution >= 0.6 is 50.4 Å². The maximum Gasteiger partial charge on any atom is 0.316 e. The second kappa shape index (κ2) is 9.16. The Balaban J connectivity index is 1.82. The maximum absolute atomic E-state index is 11.8. The zero-order valence-electron chi connectivity index (χ0n) is 11.9. The number of nitrogens with zero attached hydrogens (tertiary/aromatic N) is 2. The van der Waals surface area contributed by atoms with E-state index in [2.05, 4.69) is 31.4 Å². The Kier molecular flexibility index (Phi) is 7.21. The summed E-state index contributed by atoms with van der Waals surface area (Å²) in [5, 5.41) is 10.8. The third-order valence-electron chi connectivity index (χ3n) is 2.25. The first-order valence-electron chi connectivity index (χ1n) is 6.43. The fraction of sp³-hybridized carbons (Fsp3) is 0.231. The smallest absolute Gasteiger partial charge is 0.316 e. The van der Waals surface area contributed by atoms with E-state index in [9.17, 15) is 9.59 Å². The number of thiophene rings is 1. The highest BCUT2D eigenvalue weighted by Gasteiger charge is 2.09. The normalized spacial score (nSPS) is 10.9. The van der Waals surface area contributed by atoms with Crippen molar-refractivity contribution < 1.29 is 14.3 Å². The first kappa shape index (κ1) is 18.1. The average molecular weight is 434 g/mol. The molecule has 0 aliphatic heterocycles. The van der Waals surface area contributed by atoms with Gasteiger partial charge in [-0.2, -0.15) is 0 Å². The molecular formula is C13H12BrN3O3S3. The van der Waals surface area contributed by atoms with Gasteiger partial charge in [-0.05, 0) is 41.1 Å². The molecule has 2 aromatic heterocycles. The first-order chi connectivity index (χ1) is 11.1. The van der Waals surface area contributed by atoms with Crippen LogP contribution in [0.1, 0.15) is 11.8 Å². The summed E-state index contributed by atoms with van der Waals surface area (Å²) in [7, 11) is 0. The zero-order chi connectivity index (χ0) is 16.7. The predicted octanol–water partition coefficient (Wildman–Crippen LogP) is 3.67. The minimum absolute atomic E-state index is 0.170. The highest BCUT2D eigenvalue weighted by molar-refractivity contribution is 9.11. The Labute approximate surface area is 153 Å². The van der Waals surface area contributed by atoms with E-state index in [1.165, 1.54) is 40.5 Å². The molecule has 0 bridgehead atoms. The molecule has 0 unspecified atom stereocenters. The van der Waals surface area contributed by atoms with Crippen LogP contribution in [0.25, 0.3) is 6.08 Å². The van der Waals surface area contributed by atoms with Gasteiger partial charge < -0.3 is 4.74 Å². The summed E-state index contributed by atoms with van der Waals surface area (Å²) >= 11 is 7.33. The molecule has 0 aromatic carbocycles. The number of carbonyl (C=O) groups excluding carboxylic acids is 2. The van der Waals surface area contributed by atoms with E-state index in [1.807, 2.05) is 12.1 Å². The molecule has 0 radical (unpaired) electrons. The van der Waals surface area contributed by atoms with Gasteiger partial charge in [0.1, 0.15) is 0 Å². The molecule has 1 amide bonds. The number of aromatic nitrogens is 2. The van der Waals surface area contributed by atoms with Gasteiger partial charge in [-0.3, -0.25) is 14.9 Å². The van der Waals surface area contributed by atoms with Crippen LogP contribution in [-0.2, 0) is 14.3 Å². The molecule has 0 aliphatic rings. The summed E-state index contributed by atoms with van der Waals surface area (Å²) < 4.78 is 6.43. The van der Waals surface area contributed by atoms with Crippen LogP contribution in [0.4, 0.5) is 5.13 Å². The van der Waals surface area contributed by atoms with E-state index in [-0.39, 0.29) is 17.6 Å². The molecule has 0 saturated carbocycles. The molecule has 2 rings (SSSR count). The van der Waals surface area contributed by atoms with E-state index < -0.39 is 0 Å². The average Bonchev–Trinajstić information content (AvgIpc) is 3.12. The second-order valence-electron chi connectivity index (χ2n) is 3.93. The van der Waals surface area contributed by atoms with Crippen LogP contribution < -0.4 is 5.32 Å². The number of halogens is 1. The van der Waals surface area contributed by atoms with Crippen LogP contribution in [0, 0.1) is 0 Å². The van der Waals surface area contributed by atoms with E-state index >= 15 is 0 Å². The maximum atomic E-state index is 11.8. The number of rotatable bonds is 7. The molecule has 2 heterocycles. The van der Waals surface area contributed by atoms with Gasteiger partial charge in [-0.25, -0.2) is 0 Å². The highest BCUT2D eigenvalue weighted by Crippen LogP contribution is 2.26. The summed E-state index contributed by atoms with van der Waals surface area (Å²) in [6.07, 6.45) is 3.16. The molecule has 0 fully saturated rings. The SMILES string of the molecule is CCOC(=O)CSc1nnc(NC(=O)/C=C/c2ccc(Br)s2)s1. The lowest BCUT2D eigenvalue weighted by Gasteiger charge is -1.98. The third-order valence-corrected chi connectivity index (χ3v) is 5.78. The molecule has 1 N–H and O–H groups in total. The molecule has 0 saturated heterocycles. The molecular weight excluding hydrogens is 422 g/mol. The molecule has 23 heavy (non-hydrogen) atoms. The van der Waals surface area contributed by atoms with Crippen molar-refractivity contribution in [2.75, 3.05) is 17.7 Å². The molecule has 10 heteroatoms. The lowest BCUT2D eigenvalue weighted by atomic mass is 10.4. The van der Waals surface area contributed by atoms with Gasteiger partial charge in [0.25, 0.3) is 0 Å². The van der Waals surface area contributed by atoms with Crippen LogP contribution in [-0.4, -0.2) is 34.4 Å². The first-order valence-corrected chi connectivity index (χ1v) is 9.84. The van der Waals surface area contributed by atoms with E-state index in [0.717, 1.165) is 8.66 Å². The van der Waals surface area contributed by atoms with Crippen molar-refractivity contribution in [2.45, 2.75) is 11.3 Å². The predicted molar refractivity (Wildman–Crippen MR) is 96.9 cm³/mol. The van der Waals surface area contributed by atoms with Crippen LogP contribution in [0.2, 0.25) is 0 Å². The summed E-state index contributed by atoms with van der Waals surface area (Å²) in [6, 6.07) is 3.83. The van der Waals surface area contributed by atoms with Gasteiger partial charge in [0.15, 0.2) is 4.34 Å². The number of esters is 1. The molecule has 0 aliphatic carbocycles. The minimum atomic E-state index is -0.302. The lowest BCUT2D eigenvalue weighted by molar-refractivity contribution is -0.139. The number of carbonyl (C=O) groups is 2. The number of thioether (sulfide) groups is 1. The summed E-state index contributed by atoms with van der Waals surface area (Å²) in [5.41, 5.74) is 0. The highest BCUT2D eigenvalue weighted by atomic mass is 79.9. The van der Waals surface area contributed by atoms with Gasteiger partial charge >= 0.3 is 5.97 Å². The van der Waals surface area contributed by atoms with E-state index in [4.69, 9.17) is 4.74 Å². The molecule has 0 spiro atoms. The molecule has 6 nitrogen and oxygen atoms in total.